The molecule has 3 aliphatic carbocycles. The molecule has 0 saturated heterocycles. The van der Waals surface area contributed by atoms with E-state index in [1.54, 1.807) is 0 Å². The first kappa shape index (κ1) is 63.6. The van der Waals surface area contributed by atoms with Crippen molar-refractivity contribution in [2.24, 2.45) is 0 Å². The molecule has 87 heavy (non-hydrogen) atoms. The van der Waals surface area contributed by atoms with E-state index < -0.39 is 0 Å². The van der Waals surface area contributed by atoms with Crippen LogP contribution in [-0.4, -0.2) is 42.3 Å². The second-order valence-corrected chi connectivity index (χ2v) is 26.4. The Bertz CT molecular complexity index is 3410. The average Bonchev–Trinajstić information content (AvgIpc) is 1.79. The molecule has 0 radical (unpaired) electrons. The van der Waals surface area contributed by atoms with Gasteiger partial charge in [0.1, 0.15) is 23.0 Å². The van der Waals surface area contributed by atoms with Gasteiger partial charge in [-0.25, -0.2) is 0 Å². The van der Waals surface area contributed by atoms with E-state index in [4.69, 9.17) is 28.4 Å². The molecule has 10 rings (SSSR count). The van der Waals surface area contributed by atoms with Gasteiger partial charge in [-0.05, 0) is 265 Å². The lowest BCUT2D eigenvalue weighted by atomic mass is 9.78. The van der Waals surface area contributed by atoms with Crippen LogP contribution in [0, 0.1) is 83.1 Å². The van der Waals surface area contributed by atoms with Crippen LogP contribution in [0.5, 0.6) is 23.0 Å². The van der Waals surface area contributed by atoms with Gasteiger partial charge in [0.15, 0.2) is 18.9 Å². The van der Waals surface area contributed by atoms with E-state index in [-0.39, 0.29) is 49.0 Å². The van der Waals surface area contributed by atoms with Gasteiger partial charge in [0, 0.05) is 11.8 Å². The number of aryl methyl sites for hydroxylation is 4. The summed E-state index contributed by atoms with van der Waals surface area (Å²) in [6.07, 6.45) is 17.6. The monoisotopic (exact) mass is 1170 g/mol. The second kappa shape index (κ2) is 28.0. The van der Waals surface area contributed by atoms with Crippen molar-refractivity contribution >= 4 is 0 Å². The Kier molecular flexibility index (Phi) is 20.5. The average molecular weight is 1170 g/mol. The molecule has 0 aromatic heterocycles. The SMILES string of the molecule is Cc1cc(C(c2ccc(-c3ccc(-c4ccc(C(c5cc(C)c(OC(C)OC6CCCCC6)c(C)c5C)c5cc(C)c(OC(C)OC6CCCCC6)c(C)c5C)cc4)cc3)cc2)c2cc(C)c(OC(C)OC3CCCCC3)c(C)c2C)c(C)c(C)c1O. The zero-order valence-corrected chi connectivity index (χ0v) is 55.4. The van der Waals surface area contributed by atoms with Crippen LogP contribution in [0.15, 0.2) is 97.1 Å². The fourth-order valence-corrected chi connectivity index (χ4v) is 14.8. The van der Waals surface area contributed by atoms with Crippen molar-refractivity contribution in [2.45, 2.75) is 249 Å². The second-order valence-electron chi connectivity index (χ2n) is 26.4. The third-order valence-electron chi connectivity index (χ3n) is 20.2. The summed E-state index contributed by atoms with van der Waals surface area (Å²) in [5.74, 6) is 2.99. The third kappa shape index (κ3) is 14.2. The smallest absolute Gasteiger partial charge is 0.197 e. The molecular formula is C80H100O7. The molecule has 462 valence electrons. The molecule has 0 spiro atoms. The molecule has 7 aromatic rings. The highest BCUT2D eigenvalue weighted by molar-refractivity contribution is 5.72. The third-order valence-corrected chi connectivity index (χ3v) is 20.2. The van der Waals surface area contributed by atoms with Crippen LogP contribution in [0.1, 0.15) is 229 Å². The highest BCUT2D eigenvalue weighted by Crippen LogP contribution is 2.46. The molecule has 7 aromatic carbocycles. The maximum atomic E-state index is 11.1. The van der Waals surface area contributed by atoms with Gasteiger partial charge >= 0.3 is 0 Å². The van der Waals surface area contributed by atoms with Crippen LogP contribution in [0.3, 0.4) is 0 Å². The van der Waals surface area contributed by atoms with Gasteiger partial charge in [-0.3, -0.25) is 0 Å². The predicted octanol–water partition coefficient (Wildman–Crippen LogP) is 21.0. The van der Waals surface area contributed by atoms with Crippen molar-refractivity contribution < 1.29 is 33.5 Å². The zero-order valence-electron chi connectivity index (χ0n) is 55.4. The van der Waals surface area contributed by atoms with Crippen LogP contribution >= 0.6 is 0 Å². The van der Waals surface area contributed by atoms with Crippen molar-refractivity contribution in [3.63, 3.8) is 0 Å². The van der Waals surface area contributed by atoms with Gasteiger partial charge in [-0.1, -0.05) is 155 Å². The Balaban J connectivity index is 0.938. The first-order valence-corrected chi connectivity index (χ1v) is 33.1. The minimum atomic E-state index is -0.333. The van der Waals surface area contributed by atoms with E-state index in [2.05, 4.69) is 180 Å². The van der Waals surface area contributed by atoms with Gasteiger partial charge in [-0.2, -0.15) is 0 Å². The standard InChI is InChI=1S/C80H100O7/c1-47-43-71(51(5)55(9)77(47)81)75(72-44-48(2)78(56(10)52(72)6)85-59(13)82-68-25-19-16-20-26-68)66-39-35-64(36-40-66)62-31-33-63(34-32-62)65-37-41-67(42-38-65)76(73-45-49(3)79(57(11)53(73)7)86-60(14)83-69-27-21-17-22-28-69)74-46-50(4)80(58(12)54(74)8)87-61(15)84-70-29-23-18-24-30-70/h31-46,59-61,68-70,75-76,81H,16-30H2,1-15H3. The first-order chi connectivity index (χ1) is 41.8. The lowest BCUT2D eigenvalue weighted by Gasteiger charge is -2.30. The number of rotatable bonds is 20. The maximum absolute atomic E-state index is 11.1. The molecule has 4 atom stereocenters. The van der Waals surface area contributed by atoms with Crippen molar-refractivity contribution in [3.8, 4) is 45.3 Å². The number of hydrogen-bond donors (Lipinski definition) is 1. The van der Waals surface area contributed by atoms with Crippen molar-refractivity contribution in [1.82, 2.24) is 0 Å². The number of phenols is 1. The number of ether oxygens (including phenoxy) is 6. The van der Waals surface area contributed by atoms with Gasteiger partial charge in [0.05, 0.1) is 18.3 Å². The van der Waals surface area contributed by atoms with Crippen molar-refractivity contribution in [2.75, 3.05) is 0 Å². The molecule has 0 amide bonds. The molecule has 1 N–H and O–H groups in total. The summed E-state index contributed by atoms with van der Waals surface area (Å²) in [4.78, 5) is 0. The highest BCUT2D eigenvalue weighted by Gasteiger charge is 2.30. The molecular weight excluding hydrogens is 1070 g/mol. The van der Waals surface area contributed by atoms with E-state index in [1.165, 1.54) is 119 Å². The van der Waals surface area contributed by atoms with Gasteiger partial charge in [-0.15, -0.1) is 0 Å². The van der Waals surface area contributed by atoms with Crippen LogP contribution in [0.25, 0.3) is 22.3 Å². The van der Waals surface area contributed by atoms with Crippen molar-refractivity contribution in [3.05, 3.63) is 197 Å². The van der Waals surface area contributed by atoms with Crippen LogP contribution in [0.4, 0.5) is 0 Å². The van der Waals surface area contributed by atoms with Gasteiger partial charge < -0.3 is 33.5 Å². The number of aromatic hydroxyl groups is 1. The quantitative estimate of drug-likeness (QED) is 0.0602. The summed E-state index contributed by atoms with van der Waals surface area (Å²) < 4.78 is 39.5. The number of hydrogen-bond acceptors (Lipinski definition) is 7. The summed E-state index contributed by atoms with van der Waals surface area (Å²) in [5, 5.41) is 11.1. The topological polar surface area (TPSA) is 75.6 Å². The fourth-order valence-electron chi connectivity index (χ4n) is 14.8. The van der Waals surface area contributed by atoms with E-state index >= 15 is 0 Å². The number of phenolic OH excluding ortho intramolecular Hbond substituents is 1. The summed E-state index contributed by atoms with van der Waals surface area (Å²) in [6.45, 7) is 32.3. The van der Waals surface area contributed by atoms with E-state index in [1.807, 2.05) is 20.8 Å². The molecule has 3 saturated carbocycles. The Morgan fingerprint density at radius 3 is 0.828 bits per heavy atom. The number of benzene rings is 7. The Hall–Kier alpha value is -6.38. The van der Waals surface area contributed by atoms with E-state index in [9.17, 15) is 5.11 Å². The van der Waals surface area contributed by atoms with E-state index in [0.717, 1.165) is 117 Å². The Morgan fingerprint density at radius 2 is 0.552 bits per heavy atom. The summed E-state index contributed by atoms with van der Waals surface area (Å²) in [6, 6.07) is 36.7. The molecule has 3 fully saturated rings. The molecule has 4 unspecified atom stereocenters. The predicted molar refractivity (Wildman–Crippen MR) is 358 cm³/mol. The molecule has 0 heterocycles. The molecule has 0 bridgehead atoms. The van der Waals surface area contributed by atoms with Gasteiger partial charge in [0.2, 0.25) is 0 Å². The Morgan fingerprint density at radius 1 is 0.310 bits per heavy atom. The van der Waals surface area contributed by atoms with Crippen molar-refractivity contribution in [1.29, 1.82) is 0 Å². The molecule has 3 aliphatic rings. The van der Waals surface area contributed by atoms with Gasteiger partial charge in [0.25, 0.3) is 0 Å². The lowest BCUT2D eigenvalue weighted by molar-refractivity contribution is -0.117. The summed E-state index contributed by atoms with van der Waals surface area (Å²) in [7, 11) is 0. The summed E-state index contributed by atoms with van der Waals surface area (Å²) >= 11 is 0. The van der Waals surface area contributed by atoms with Crippen LogP contribution in [0.2, 0.25) is 0 Å². The lowest BCUT2D eigenvalue weighted by Crippen LogP contribution is -2.27. The Labute approximate surface area is 522 Å². The van der Waals surface area contributed by atoms with E-state index in [0.29, 0.717) is 5.75 Å². The molecule has 7 heteroatoms. The first-order valence-electron chi connectivity index (χ1n) is 33.1. The fraction of sp³-hybridized carbons (Fsp3) is 0.475. The zero-order chi connectivity index (χ0) is 61.8. The normalized spacial score (nSPS) is 17.2. The summed E-state index contributed by atoms with van der Waals surface area (Å²) in [5.41, 5.74) is 25.4. The highest BCUT2D eigenvalue weighted by atomic mass is 16.7. The largest absolute Gasteiger partial charge is 0.507 e. The molecule has 0 aliphatic heterocycles. The minimum Gasteiger partial charge on any atom is -0.507 e. The van der Waals surface area contributed by atoms with Crippen LogP contribution < -0.4 is 14.2 Å². The van der Waals surface area contributed by atoms with Crippen LogP contribution in [-0.2, 0) is 14.2 Å². The maximum Gasteiger partial charge on any atom is 0.197 e. The minimum absolute atomic E-state index is 0.0512. The molecule has 7 nitrogen and oxygen atoms in total.